The van der Waals surface area contributed by atoms with E-state index in [-0.39, 0.29) is 12.3 Å². The minimum absolute atomic E-state index is 0.276. The first-order valence-corrected chi connectivity index (χ1v) is 6.21. The molecule has 0 aliphatic carbocycles. The van der Waals surface area contributed by atoms with Gasteiger partial charge in [-0.3, -0.25) is 9.59 Å². The Hall–Kier alpha value is -1.88. The Morgan fingerprint density at radius 1 is 1.47 bits per heavy atom. The molecular weight excluding hydrogens is 246 g/mol. The first-order valence-electron chi connectivity index (χ1n) is 6.21. The maximum atomic E-state index is 12.3. The largest absolute Gasteiger partial charge is 0.481 e. The van der Waals surface area contributed by atoms with Crippen LogP contribution in [0.25, 0.3) is 0 Å². The molecule has 2 rings (SSSR count). The predicted octanol–water partition coefficient (Wildman–Crippen LogP) is 1.51. The zero-order valence-corrected chi connectivity index (χ0v) is 11.0. The number of carboxylic acid groups (broad SMARTS) is 1. The number of morpholine rings is 1. The van der Waals surface area contributed by atoms with Gasteiger partial charge < -0.3 is 14.7 Å². The molecule has 0 radical (unpaired) electrons. The van der Waals surface area contributed by atoms with Gasteiger partial charge in [0.05, 0.1) is 13.0 Å². The lowest BCUT2D eigenvalue weighted by Crippen LogP contribution is -2.48. The van der Waals surface area contributed by atoms with Crippen molar-refractivity contribution in [1.29, 1.82) is 0 Å². The molecule has 1 heterocycles. The molecule has 1 N–H and O–H groups in total. The van der Waals surface area contributed by atoms with Crippen LogP contribution < -0.4 is 4.90 Å². The van der Waals surface area contributed by atoms with Crippen LogP contribution in [0.3, 0.4) is 0 Å². The maximum Gasteiger partial charge on any atom is 0.306 e. The fourth-order valence-corrected chi connectivity index (χ4v) is 2.21. The zero-order chi connectivity index (χ0) is 14.0. The Morgan fingerprint density at radius 2 is 2.21 bits per heavy atom. The third-order valence-electron chi connectivity index (χ3n) is 3.40. The first kappa shape index (κ1) is 13.5. The van der Waals surface area contributed by atoms with E-state index in [0.717, 1.165) is 16.8 Å². The molecular formula is C14H17NO4. The molecule has 0 saturated carbocycles. The number of carbonyl (C=O) groups excluding carboxylic acids is 1. The highest BCUT2D eigenvalue weighted by Gasteiger charge is 2.32. The van der Waals surface area contributed by atoms with E-state index in [1.807, 2.05) is 32.0 Å². The fourth-order valence-electron chi connectivity index (χ4n) is 2.21. The normalized spacial score (nSPS) is 19.6. The van der Waals surface area contributed by atoms with Crippen molar-refractivity contribution in [3.05, 3.63) is 29.3 Å². The van der Waals surface area contributed by atoms with Crippen LogP contribution in [0.2, 0.25) is 0 Å². The number of anilines is 1. The van der Waals surface area contributed by atoms with Crippen LogP contribution in [-0.4, -0.2) is 36.2 Å². The summed E-state index contributed by atoms with van der Waals surface area (Å²) in [4.78, 5) is 24.6. The van der Waals surface area contributed by atoms with Crippen molar-refractivity contribution >= 4 is 17.6 Å². The number of aryl methyl sites for hydroxylation is 1. The summed E-state index contributed by atoms with van der Waals surface area (Å²) < 4.78 is 5.25. The van der Waals surface area contributed by atoms with Crippen LogP contribution in [0.5, 0.6) is 0 Å². The van der Waals surface area contributed by atoms with E-state index in [1.165, 1.54) is 0 Å². The van der Waals surface area contributed by atoms with Crippen molar-refractivity contribution in [2.45, 2.75) is 26.4 Å². The Labute approximate surface area is 111 Å². The number of amides is 1. The molecule has 0 spiro atoms. The van der Waals surface area contributed by atoms with Crippen molar-refractivity contribution < 1.29 is 19.4 Å². The molecule has 102 valence electrons. The Bertz CT molecular complexity index is 512. The van der Waals surface area contributed by atoms with Crippen molar-refractivity contribution in [3.8, 4) is 0 Å². The molecule has 1 amide bonds. The lowest BCUT2D eigenvalue weighted by molar-refractivity contribution is -0.147. The van der Waals surface area contributed by atoms with Crippen LogP contribution in [0.15, 0.2) is 18.2 Å². The highest BCUT2D eigenvalue weighted by atomic mass is 16.5. The predicted molar refractivity (Wildman–Crippen MR) is 70.3 cm³/mol. The van der Waals surface area contributed by atoms with Crippen LogP contribution >= 0.6 is 0 Å². The number of hydrogen-bond donors (Lipinski definition) is 1. The monoisotopic (exact) mass is 263 g/mol. The van der Waals surface area contributed by atoms with Crippen molar-refractivity contribution in [2.24, 2.45) is 0 Å². The molecule has 19 heavy (non-hydrogen) atoms. The summed E-state index contributed by atoms with van der Waals surface area (Å²) in [7, 11) is 0. The molecule has 1 saturated heterocycles. The molecule has 1 fully saturated rings. The highest BCUT2D eigenvalue weighted by Crippen LogP contribution is 2.25. The molecule has 1 aliphatic heterocycles. The number of nitrogens with zero attached hydrogens (tertiary/aromatic N) is 1. The standard InChI is InChI=1S/C14H17NO4/c1-9-4-3-5-11(10(9)2)15-6-7-19-12(14(15)18)8-13(16)17/h3-5,12H,6-8H2,1-2H3,(H,16,17). The SMILES string of the molecule is Cc1cccc(N2CCOC(CC(=O)O)C2=O)c1C. The van der Waals surface area contributed by atoms with Crippen LogP contribution in [0, 0.1) is 13.8 Å². The minimum atomic E-state index is -1.03. The number of carbonyl (C=O) groups is 2. The minimum Gasteiger partial charge on any atom is -0.481 e. The molecule has 1 atom stereocenters. The van der Waals surface area contributed by atoms with E-state index >= 15 is 0 Å². The van der Waals surface area contributed by atoms with Gasteiger partial charge in [-0.2, -0.15) is 0 Å². The second kappa shape index (κ2) is 5.40. The summed E-state index contributed by atoms with van der Waals surface area (Å²) >= 11 is 0. The van der Waals surface area contributed by atoms with Crippen molar-refractivity contribution in [2.75, 3.05) is 18.1 Å². The smallest absolute Gasteiger partial charge is 0.306 e. The van der Waals surface area contributed by atoms with Gasteiger partial charge in [0, 0.05) is 12.2 Å². The van der Waals surface area contributed by atoms with Crippen molar-refractivity contribution in [3.63, 3.8) is 0 Å². The lowest BCUT2D eigenvalue weighted by atomic mass is 10.1. The quantitative estimate of drug-likeness (QED) is 0.897. The van der Waals surface area contributed by atoms with E-state index in [0.29, 0.717) is 13.2 Å². The lowest BCUT2D eigenvalue weighted by Gasteiger charge is -2.33. The van der Waals surface area contributed by atoms with Gasteiger partial charge in [-0.05, 0) is 31.0 Å². The summed E-state index contributed by atoms with van der Waals surface area (Å²) in [6, 6.07) is 5.76. The number of aliphatic carboxylic acids is 1. The number of carboxylic acids is 1. The molecule has 1 aliphatic rings. The maximum absolute atomic E-state index is 12.3. The third kappa shape index (κ3) is 2.76. The number of rotatable bonds is 3. The fraction of sp³-hybridized carbons (Fsp3) is 0.429. The third-order valence-corrected chi connectivity index (χ3v) is 3.40. The highest BCUT2D eigenvalue weighted by molar-refractivity contribution is 5.99. The van der Waals surface area contributed by atoms with E-state index in [2.05, 4.69) is 0 Å². The second-order valence-electron chi connectivity index (χ2n) is 4.67. The molecule has 1 aromatic carbocycles. The summed E-state index contributed by atoms with van der Waals surface area (Å²) in [5.74, 6) is -1.30. The number of benzene rings is 1. The molecule has 1 aromatic rings. The van der Waals surface area contributed by atoms with Gasteiger partial charge in [0.25, 0.3) is 5.91 Å². The molecule has 5 nitrogen and oxygen atoms in total. The van der Waals surface area contributed by atoms with Gasteiger partial charge in [0.2, 0.25) is 0 Å². The molecule has 1 unspecified atom stereocenters. The number of ether oxygens (including phenoxy) is 1. The Balaban J connectivity index is 2.26. The summed E-state index contributed by atoms with van der Waals surface area (Å²) in [6.07, 6.45) is -1.17. The van der Waals surface area contributed by atoms with E-state index in [1.54, 1.807) is 4.90 Å². The van der Waals surface area contributed by atoms with Gasteiger partial charge in [0.1, 0.15) is 6.10 Å². The zero-order valence-electron chi connectivity index (χ0n) is 11.0. The van der Waals surface area contributed by atoms with Crippen LogP contribution in [-0.2, 0) is 14.3 Å². The van der Waals surface area contributed by atoms with Gasteiger partial charge in [-0.15, -0.1) is 0 Å². The molecule has 0 aromatic heterocycles. The second-order valence-corrected chi connectivity index (χ2v) is 4.67. The first-order chi connectivity index (χ1) is 9.00. The van der Waals surface area contributed by atoms with Crippen LogP contribution in [0.1, 0.15) is 17.5 Å². The average molecular weight is 263 g/mol. The number of hydrogen-bond acceptors (Lipinski definition) is 3. The summed E-state index contributed by atoms with van der Waals surface area (Å²) in [5.41, 5.74) is 2.97. The Morgan fingerprint density at radius 3 is 2.89 bits per heavy atom. The van der Waals surface area contributed by atoms with Gasteiger partial charge in [-0.25, -0.2) is 0 Å². The van der Waals surface area contributed by atoms with E-state index in [9.17, 15) is 9.59 Å². The van der Waals surface area contributed by atoms with Crippen LogP contribution in [0.4, 0.5) is 5.69 Å². The van der Waals surface area contributed by atoms with Gasteiger partial charge >= 0.3 is 5.97 Å². The average Bonchev–Trinajstić information content (AvgIpc) is 2.35. The van der Waals surface area contributed by atoms with E-state index in [4.69, 9.17) is 9.84 Å². The molecule has 5 heteroatoms. The summed E-state index contributed by atoms with van der Waals surface area (Å²) in [6.45, 7) is 4.76. The summed E-state index contributed by atoms with van der Waals surface area (Å²) in [5, 5.41) is 8.79. The Kier molecular flexibility index (Phi) is 3.85. The van der Waals surface area contributed by atoms with E-state index < -0.39 is 12.1 Å². The molecule has 0 bridgehead atoms. The topological polar surface area (TPSA) is 66.8 Å². The van der Waals surface area contributed by atoms with Gasteiger partial charge in [0.15, 0.2) is 0 Å². The van der Waals surface area contributed by atoms with Gasteiger partial charge in [-0.1, -0.05) is 12.1 Å². The van der Waals surface area contributed by atoms with Crippen molar-refractivity contribution in [1.82, 2.24) is 0 Å².